The summed E-state index contributed by atoms with van der Waals surface area (Å²) >= 11 is 6.09. The van der Waals surface area contributed by atoms with E-state index in [1.54, 1.807) is 0 Å². The molecule has 1 nitrogen and oxygen atoms in total. The first-order valence-corrected chi connectivity index (χ1v) is 7.07. The minimum atomic E-state index is 0.394. The third kappa shape index (κ3) is 2.66. The van der Waals surface area contributed by atoms with Gasteiger partial charge in [0.15, 0.2) is 0 Å². The normalized spacial score (nSPS) is 27.1. The van der Waals surface area contributed by atoms with Crippen LogP contribution in [0.2, 0.25) is 5.02 Å². The number of nitrogens with one attached hydrogen (secondary N) is 1. The maximum Gasteiger partial charge on any atom is 0.0408 e. The Hall–Kier alpha value is -0.530. The molecule has 94 valence electrons. The fraction of sp³-hybridized carbons (Fsp3) is 0.600. The lowest BCUT2D eigenvalue weighted by Crippen LogP contribution is -2.21. The lowest BCUT2D eigenvalue weighted by Gasteiger charge is -2.16. The van der Waals surface area contributed by atoms with E-state index in [2.05, 4.69) is 37.4 Å². The van der Waals surface area contributed by atoms with Crippen LogP contribution in [0, 0.1) is 5.92 Å². The summed E-state index contributed by atoms with van der Waals surface area (Å²) in [5.74, 6) is 0.789. The van der Waals surface area contributed by atoms with Gasteiger partial charge < -0.3 is 5.32 Å². The Morgan fingerprint density at radius 1 is 1.41 bits per heavy atom. The number of halogens is 1. The zero-order chi connectivity index (χ0) is 12.3. The Morgan fingerprint density at radius 2 is 2.24 bits per heavy atom. The SMILES string of the molecule is CCCNCC1CC1(CC)c1cccc(Cl)c1. The molecule has 17 heavy (non-hydrogen) atoms. The van der Waals surface area contributed by atoms with Gasteiger partial charge in [0.25, 0.3) is 0 Å². The highest BCUT2D eigenvalue weighted by Crippen LogP contribution is 2.56. The second kappa shape index (κ2) is 5.41. The van der Waals surface area contributed by atoms with Crippen molar-refractivity contribution in [3.05, 3.63) is 34.9 Å². The van der Waals surface area contributed by atoms with Crippen molar-refractivity contribution in [2.75, 3.05) is 13.1 Å². The number of hydrogen-bond acceptors (Lipinski definition) is 1. The van der Waals surface area contributed by atoms with Crippen molar-refractivity contribution in [1.29, 1.82) is 0 Å². The second-order valence-corrected chi connectivity index (χ2v) is 5.56. The molecule has 1 saturated carbocycles. The zero-order valence-electron chi connectivity index (χ0n) is 10.8. The van der Waals surface area contributed by atoms with Crippen molar-refractivity contribution in [3.8, 4) is 0 Å². The van der Waals surface area contributed by atoms with Gasteiger partial charge in [0.2, 0.25) is 0 Å². The van der Waals surface area contributed by atoms with E-state index in [9.17, 15) is 0 Å². The molecule has 1 aromatic carbocycles. The second-order valence-electron chi connectivity index (χ2n) is 5.13. The predicted octanol–water partition coefficient (Wildman–Crippen LogP) is 4.01. The van der Waals surface area contributed by atoms with Gasteiger partial charge in [-0.2, -0.15) is 0 Å². The van der Waals surface area contributed by atoms with Crippen LogP contribution in [-0.4, -0.2) is 13.1 Å². The number of hydrogen-bond donors (Lipinski definition) is 1. The van der Waals surface area contributed by atoms with Crippen molar-refractivity contribution < 1.29 is 0 Å². The zero-order valence-corrected chi connectivity index (χ0v) is 11.6. The molecule has 1 N–H and O–H groups in total. The van der Waals surface area contributed by atoms with Gasteiger partial charge in [0, 0.05) is 5.02 Å². The van der Waals surface area contributed by atoms with Crippen molar-refractivity contribution in [1.82, 2.24) is 5.32 Å². The first-order chi connectivity index (χ1) is 8.23. The molecule has 0 amide bonds. The standard InChI is InChI=1S/C15H22ClN/c1-3-8-17-11-13-10-15(13,4-2)12-6-5-7-14(16)9-12/h5-7,9,13,17H,3-4,8,10-11H2,1-2H3. The summed E-state index contributed by atoms with van der Waals surface area (Å²) in [5, 5.41) is 4.40. The van der Waals surface area contributed by atoms with E-state index in [1.165, 1.54) is 24.8 Å². The number of benzene rings is 1. The van der Waals surface area contributed by atoms with Gasteiger partial charge in [-0.05, 0) is 61.4 Å². The summed E-state index contributed by atoms with van der Waals surface area (Å²) in [7, 11) is 0. The fourth-order valence-corrected chi connectivity index (χ4v) is 3.08. The Bertz CT molecular complexity index is 377. The highest BCUT2D eigenvalue weighted by atomic mass is 35.5. The van der Waals surface area contributed by atoms with E-state index in [1.807, 2.05) is 6.07 Å². The van der Waals surface area contributed by atoms with Gasteiger partial charge in [0.1, 0.15) is 0 Å². The summed E-state index contributed by atoms with van der Waals surface area (Å²) in [5.41, 5.74) is 1.82. The van der Waals surface area contributed by atoms with Crippen LogP contribution in [0.4, 0.5) is 0 Å². The van der Waals surface area contributed by atoms with Crippen LogP contribution in [0.1, 0.15) is 38.7 Å². The Kier molecular flexibility index (Phi) is 4.11. The van der Waals surface area contributed by atoms with Crippen LogP contribution in [0.5, 0.6) is 0 Å². The van der Waals surface area contributed by atoms with Gasteiger partial charge in [0.05, 0.1) is 0 Å². The van der Waals surface area contributed by atoms with Gasteiger partial charge in [-0.25, -0.2) is 0 Å². The maximum absolute atomic E-state index is 6.09. The van der Waals surface area contributed by atoms with Gasteiger partial charge in [-0.3, -0.25) is 0 Å². The molecule has 2 heteroatoms. The molecule has 2 atom stereocenters. The Balaban J connectivity index is 2.03. The molecule has 0 saturated heterocycles. The summed E-state index contributed by atoms with van der Waals surface area (Å²) < 4.78 is 0. The van der Waals surface area contributed by atoms with Crippen LogP contribution in [0.15, 0.2) is 24.3 Å². The first kappa shape index (κ1) is 12.9. The molecule has 0 heterocycles. The largest absolute Gasteiger partial charge is 0.316 e. The molecular weight excluding hydrogens is 230 g/mol. The minimum Gasteiger partial charge on any atom is -0.316 e. The van der Waals surface area contributed by atoms with E-state index < -0.39 is 0 Å². The lowest BCUT2D eigenvalue weighted by molar-refractivity contribution is 0.538. The Labute approximate surface area is 110 Å². The molecule has 0 aromatic heterocycles. The quantitative estimate of drug-likeness (QED) is 0.754. The van der Waals surface area contributed by atoms with E-state index in [0.717, 1.165) is 24.0 Å². The van der Waals surface area contributed by atoms with Crippen molar-refractivity contribution >= 4 is 11.6 Å². The molecule has 1 aliphatic rings. The molecule has 0 aliphatic heterocycles. The Morgan fingerprint density at radius 3 is 2.88 bits per heavy atom. The van der Waals surface area contributed by atoms with Crippen molar-refractivity contribution in [2.24, 2.45) is 5.92 Å². The lowest BCUT2D eigenvalue weighted by atomic mass is 9.90. The van der Waals surface area contributed by atoms with Crippen molar-refractivity contribution in [2.45, 2.75) is 38.5 Å². The predicted molar refractivity (Wildman–Crippen MR) is 74.7 cm³/mol. The topological polar surface area (TPSA) is 12.0 Å². The third-order valence-corrected chi connectivity index (χ3v) is 4.32. The maximum atomic E-state index is 6.09. The van der Waals surface area contributed by atoms with E-state index in [4.69, 9.17) is 11.6 Å². The van der Waals surface area contributed by atoms with Crippen LogP contribution >= 0.6 is 11.6 Å². The summed E-state index contributed by atoms with van der Waals surface area (Å²) in [6, 6.07) is 8.41. The highest BCUT2D eigenvalue weighted by Gasteiger charge is 2.52. The number of rotatable bonds is 6. The molecule has 1 fully saturated rings. The molecular formula is C15H22ClN. The smallest absolute Gasteiger partial charge is 0.0408 e. The highest BCUT2D eigenvalue weighted by molar-refractivity contribution is 6.30. The molecule has 1 aromatic rings. The summed E-state index contributed by atoms with van der Waals surface area (Å²) in [6.45, 7) is 6.78. The van der Waals surface area contributed by atoms with Gasteiger partial charge in [-0.1, -0.05) is 37.6 Å². The average Bonchev–Trinajstić information content (AvgIpc) is 3.05. The molecule has 2 unspecified atom stereocenters. The first-order valence-electron chi connectivity index (χ1n) is 6.69. The molecule has 0 spiro atoms. The van der Waals surface area contributed by atoms with Crippen LogP contribution in [-0.2, 0) is 5.41 Å². The molecule has 2 rings (SSSR count). The minimum absolute atomic E-state index is 0.394. The van der Waals surface area contributed by atoms with Gasteiger partial charge >= 0.3 is 0 Å². The van der Waals surface area contributed by atoms with Gasteiger partial charge in [-0.15, -0.1) is 0 Å². The summed E-state index contributed by atoms with van der Waals surface area (Å²) in [4.78, 5) is 0. The van der Waals surface area contributed by atoms with E-state index in [0.29, 0.717) is 5.41 Å². The van der Waals surface area contributed by atoms with E-state index >= 15 is 0 Å². The van der Waals surface area contributed by atoms with Crippen LogP contribution in [0.3, 0.4) is 0 Å². The third-order valence-electron chi connectivity index (χ3n) is 4.08. The molecule has 0 radical (unpaired) electrons. The fourth-order valence-electron chi connectivity index (χ4n) is 2.89. The monoisotopic (exact) mass is 251 g/mol. The van der Waals surface area contributed by atoms with Crippen LogP contribution in [0.25, 0.3) is 0 Å². The average molecular weight is 252 g/mol. The molecule has 1 aliphatic carbocycles. The molecule has 0 bridgehead atoms. The van der Waals surface area contributed by atoms with E-state index in [-0.39, 0.29) is 0 Å². The van der Waals surface area contributed by atoms with Crippen molar-refractivity contribution in [3.63, 3.8) is 0 Å². The van der Waals surface area contributed by atoms with Crippen LogP contribution < -0.4 is 5.32 Å². The summed E-state index contributed by atoms with van der Waals surface area (Å²) in [6.07, 6.45) is 3.73.